The molecule has 0 aliphatic heterocycles. The molecular weight excluding hydrogens is 1550 g/mol. The molecule has 0 aliphatic carbocycles. The number of hydrogen-bond donors (Lipinski definition) is 0. The Labute approximate surface area is 591 Å². The molecule has 0 spiro atoms. The summed E-state index contributed by atoms with van der Waals surface area (Å²) in [4.78, 5) is 0. The van der Waals surface area contributed by atoms with E-state index in [-0.39, 0.29) is 21.2 Å². The van der Waals surface area contributed by atoms with E-state index >= 15 is 0 Å². The van der Waals surface area contributed by atoms with Crippen LogP contribution in [0.1, 0.15) is 172 Å². The second kappa shape index (κ2) is 34.6. The number of thiophene rings is 2. The molecule has 0 fully saturated rings. The van der Waals surface area contributed by atoms with Gasteiger partial charge in [-0.15, -0.1) is 0 Å². The van der Waals surface area contributed by atoms with E-state index in [1.54, 1.807) is 22.7 Å². The molecule has 556 valence electrons. The number of halogens is 25. The van der Waals surface area contributed by atoms with Crippen molar-refractivity contribution in [3.05, 3.63) is 207 Å². The summed E-state index contributed by atoms with van der Waals surface area (Å²) in [6.07, 6.45) is -30.6. The maximum atomic E-state index is 14.2. The van der Waals surface area contributed by atoms with Gasteiger partial charge in [-0.25, -0.2) is 0 Å². The summed E-state index contributed by atoms with van der Waals surface area (Å²) in [7, 11) is 0. The molecule has 2 heterocycles. The molecule has 30 heteroatoms. The van der Waals surface area contributed by atoms with Crippen molar-refractivity contribution >= 4 is 50.7 Å². The lowest BCUT2D eigenvalue weighted by Crippen LogP contribution is -3.61. The van der Waals surface area contributed by atoms with Crippen LogP contribution < -0.4 is 52.5 Å². The van der Waals surface area contributed by atoms with Gasteiger partial charge in [0.25, 0.3) is 5.77 Å². The van der Waals surface area contributed by atoms with Gasteiger partial charge in [0.2, 0.25) is 0 Å². The molecule has 2 aromatic heterocycles. The Morgan fingerprint density at radius 1 is 0.275 bits per heavy atom. The summed E-state index contributed by atoms with van der Waals surface area (Å²) in [5.41, 5.74) is -27.4. The van der Waals surface area contributed by atoms with Crippen LogP contribution in [0.3, 0.4) is 0 Å². The van der Waals surface area contributed by atoms with Crippen LogP contribution in [0.5, 0.6) is 21.6 Å². The first kappa shape index (κ1) is 82.7. The Morgan fingerprint density at radius 3 is 0.706 bits per heavy atom. The highest BCUT2D eigenvalue weighted by atomic mass is 127. The van der Waals surface area contributed by atoms with Crippen LogP contribution in [0.25, 0.3) is 0 Å². The predicted molar refractivity (Wildman–Crippen MR) is 342 cm³/mol. The van der Waals surface area contributed by atoms with Crippen molar-refractivity contribution in [3.63, 3.8) is 0 Å². The van der Waals surface area contributed by atoms with Gasteiger partial charge >= 0.3 is 70.6 Å². The van der Waals surface area contributed by atoms with Gasteiger partial charge in [0.1, 0.15) is 17.6 Å². The van der Waals surface area contributed by atoms with Crippen molar-refractivity contribution in [1.82, 2.24) is 0 Å². The van der Waals surface area contributed by atoms with Gasteiger partial charge in [-0.05, 0) is 97.5 Å². The topological polar surface area (TPSA) is 18.5 Å². The third-order valence-electron chi connectivity index (χ3n) is 16.6. The fourth-order valence-electron chi connectivity index (χ4n) is 11.6. The Hall–Kier alpha value is -6.57. The number of alkyl halides is 24. The van der Waals surface area contributed by atoms with Crippen LogP contribution >= 0.6 is 22.7 Å². The van der Waals surface area contributed by atoms with Crippen molar-refractivity contribution in [3.8, 4) is 21.6 Å². The Balaban J connectivity index is 0.000000294. The van der Waals surface area contributed by atoms with Crippen molar-refractivity contribution in [1.29, 1.82) is 0 Å². The average Bonchev–Trinajstić information content (AvgIpc) is 0.776. The van der Waals surface area contributed by atoms with Gasteiger partial charge in [-0.1, -0.05) is 199 Å². The summed E-state index contributed by atoms with van der Waals surface area (Å²) in [5, 5.41) is 1.95. The number of benzene rings is 6. The molecule has 2 nitrogen and oxygen atoms in total. The minimum Gasteiger partial charge on any atom is -0.447 e. The summed E-state index contributed by atoms with van der Waals surface area (Å²) in [5.74, 6) is 1.86. The zero-order chi connectivity index (χ0) is 75.3. The fourth-order valence-corrected chi connectivity index (χ4v) is 17.5. The lowest BCUT2D eigenvalue weighted by molar-refractivity contribution is -0.585. The van der Waals surface area contributed by atoms with Crippen LogP contribution in [0, 0.1) is 5.77 Å². The second-order valence-electron chi connectivity index (χ2n) is 24.4. The van der Waals surface area contributed by atoms with E-state index in [0.717, 1.165) is 21.6 Å². The number of aryl methyl sites for hydroxylation is 2. The van der Waals surface area contributed by atoms with Crippen LogP contribution in [-0.2, 0) is 62.3 Å². The van der Waals surface area contributed by atoms with Crippen molar-refractivity contribution < 1.29 is 136 Å². The summed E-state index contributed by atoms with van der Waals surface area (Å²) < 4.78 is 356. The smallest absolute Gasteiger partial charge is 0.416 e. The highest BCUT2D eigenvalue weighted by Gasteiger charge is 2.47. The molecule has 0 N–H and O–H groups in total. The van der Waals surface area contributed by atoms with Gasteiger partial charge in [-0.2, -0.15) is 127 Å². The van der Waals surface area contributed by atoms with E-state index in [1.807, 2.05) is 0 Å². The molecule has 0 atom stereocenters. The molecule has 8 aromatic rings. The molecule has 6 aromatic carbocycles. The zero-order valence-electron chi connectivity index (χ0n) is 54.2. The first-order valence-electron chi connectivity index (χ1n) is 32.2. The molecule has 0 saturated carbocycles. The van der Waals surface area contributed by atoms with E-state index in [4.69, 9.17) is 9.47 Å². The minimum absolute atomic E-state index is 0.247. The number of hydrogen-bond acceptors (Lipinski definition) is 4. The van der Waals surface area contributed by atoms with Crippen LogP contribution in [0.4, 0.5) is 105 Å². The number of ether oxygens (including phenoxy) is 2. The van der Waals surface area contributed by atoms with Crippen molar-refractivity contribution in [2.45, 2.75) is 179 Å². The van der Waals surface area contributed by atoms with Crippen LogP contribution in [-0.4, -0.2) is 6.15 Å². The Kier molecular flexibility index (Phi) is 28.0. The van der Waals surface area contributed by atoms with Crippen LogP contribution in [0.15, 0.2) is 146 Å². The molecular formula is C72H66BF24IO2S2. The van der Waals surface area contributed by atoms with Gasteiger partial charge < -0.3 is 9.47 Å². The molecule has 0 amide bonds. The maximum absolute atomic E-state index is 14.2. The van der Waals surface area contributed by atoms with Crippen molar-refractivity contribution in [2.75, 3.05) is 0 Å². The van der Waals surface area contributed by atoms with E-state index in [1.165, 1.54) is 132 Å². The van der Waals surface area contributed by atoms with Gasteiger partial charge in [-0.3, -0.25) is 0 Å². The second-order valence-corrected chi connectivity index (χ2v) is 30.8. The third kappa shape index (κ3) is 23.7. The van der Waals surface area contributed by atoms with Gasteiger partial charge in [0.05, 0.1) is 44.5 Å². The third-order valence-corrected chi connectivity index (χ3v) is 22.3. The van der Waals surface area contributed by atoms with Gasteiger partial charge in [0, 0.05) is 12.1 Å². The van der Waals surface area contributed by atoms with Gasteiger partial charge in [0.15, 0.2) is 10.1 Å². The molecule has 0 aliphatic rings. The fraction of sp³-hybridized carbons (Fsp3) is 0.389. The first-order chi connectivity index (χ1) is 47.5. The SMILES string of the molecule is CCCCCCCCCCc1ccc(Oc2ccc([I+]c3ccc(Oc4ccc(CCCCCCCCCC)cc4)s3)s2)cc1.FC(F)(F)c1cc([B-](c2cc(C(F)(F)F)cc(C(F)(F)F)c2)(c2cc(C(F)(F)F)cc(C(F)(F)F)c2)c2cc(C(F)(F)F)cc(C(F)(F)F)c2)cc(C(F)(F)F)c1. The standard InChI is InChI=1S/C40H54IO2S2.C32H12BF24/c1-3-5-7-9-11-13-15-17-19-33-21-25-35(26-22-33)42-39-31-29-37(44-39)41-38-30-32-40(45-38)43-36-27-23-34(24-28-36)20-18-16-14-12-10-8-6-4-2;34-25(35,36)13-1-14(26(37,38)39)6-21(5-13)33(22-7-15(27(40,41)42)2-16(8-22)28(43,44)45,23-9-17(29(46,47)48)3-18(10-23)30(49,50)51)24-11-19(31(52,53)54)4-20(12-24)32(55,56)57/h21-32H,3-20H2,1-2H3;1-12H/q+1;-1. The summed E-state index contributed by atoms with van der Waals surface area (Å²) in [6, 6.07) is 17.3. The molecule has 0 bridgehead atoms. The van der Waals surface area contributed by atoms with E-state index < -0.39 is 195 Å². The highest BCUT2D eigenvalue weighted by Crippen LogP contribution is 2.42. The quantitative estimate of drug-likeness (QED) is 0.0211. The molecule has 0 saturated heterocycles. The predicted octanol–water partition coefficient (Wildman–Crippen LogP) is 22.1. The minimum atomic E-state index is -6.13. The van der Waals surface area contributed by atoms with E-state index in [2.05, 4.69) is 86.6 Å². The highest BCUT2D eigenvalue weighted by molar-refractivity contribution is 7.20. The largest absolute Gasteiger partial charge is 0.447 e. The molecule has 8 rings (SSSR count). The Bertz CT molecular complexity index is 3430. The zero-order valence-corrected chi connectivity index (χ0v) is 58.0. The van der Waals surface area contributed by atoms with E-state index in [9.17, 15) is 105 Å². The Morgan fingerprint density at radius 2 is 0.490 bits per heavy atom. The number of unbranched alkanes of at least 4 members (excludes halogenated alkanes) is 14. The first-order valence-corrected chi connectivity index (χ1v) is 36.0. The lowest BCUT2D eigenvalue weighted by Gasteiger charge is -2.46. The normalized spacial score (nSPS) is 13.0. The lowest BCUT2D eigenvalue weighted by atomic mass is 9.12. The summed E-state index contributed by atoms with van der Waals surface area (Å²) >= 11 is 3.30. The van der Waals surface area contributed by atoms with Crippen LogP contribution in [0.2, 0.25) is 0 Å². The summed E-state index contributed by atoms with van der Waals surface area (Å²) in [6.45, 7) is 4.57. The van der Waals surface area contributed by atoms with Crippen molar-refractivity contribution in [2.24, 2.45) is 0 Å². The molecule has 0 radical (unpaired) electrons. The molecule has 0 unspecified atom stereocenters. The maximum Gasteiger partial charge on any atom is 0.416 e. The van der Waals surface area contributed by atoms with E-state index in [0.29, 0.717) is 0 Å². The number of rotatable bonds is 28. The molecule has 102 heavy (non-hydrogen) atoms. The average molecular weight is 1620 g/mol. The monoisotopic (exact) mass is 1620 g/mol.